The van der Waals surface area contributed by atoms with Crippen molar-refractivity contribution in [3.05, 3.63) is 60.9 Å². The Balaban J connectivity index is 1.05. The van der Waals surface area contributed by atoms with Gasteiger partial charge in [0.1, 0.15) is 23.7 Å². The van der Waals surface area contributed by atoms with Gasteiger partial charge >= 0.3 is 0 Å². The van der Waals surface area contributed by atoms with Gasteiger partial charge in [-0.2, -0.15) is 0 Å². The van der Waals surface area contributed by atoms with Gasteiger partial charge in [0.2, 0.25) is 5.91 Å². The highest BCUT2D eigenvalue weighted by molar-refractivity contribution is 5.92. The summed E-state index contributed by atoms with van der Waals surface area (Å²) in [6, 6.07) is 9.99. The molecule has 4 aromatic rings. The molecule has 35 heavy (non-hydrogen) atoms. The van der Waals surface area contributed by atoms with Gasteiger partial charge in [-0.15, -0.1) is 10.2 Å². The third-order valence-corrected chi connectivity index (χ3v) is 7.40. The van der Waals surface area contributed by atoms with E-state index < -0.39 is 0 Å². The van der Waals surface area contributed by atoms with Crippen LogP contribution in [0.1, 0.15) is 19.8 Å². The van der Waals surface area contributed by atoms with E-state index in [-0.39, 0.29) is 23.7 Å². The molecule has 3 heterocycles. The SMILES string of the molecule is CC(C(=O)Nc1ccc(-c2nncn2C)cn1)[C@@H]1[C@@H]2C[C@@H](Oc3ccnc4ccc(F)cc34)C[C@@H]21. The highest BCUT2D eigenvalue weighted by Crippen LogP contribution is 2.61. The molecule has 1 amide bonds. The molecule has 1 N–H and O–H groups in total. The summed E-state index contributed by atoms with van der Waals surface area (Å²) >= 11 is 0. The highest BCUT2D eigenvalue weighted by atomic mass is 19.1. The summed E-state index contributed by atoms with van der Waals surface area (Å²) in [5, 5.41) is 11.6. The van der Waals surface area contributed by atoms with Crippen LogP contribution in [-0.4, -0.2) is 36.7 Å². The van der Waals surface area contributed by atoms with Crippen LogP contribution in [0, 0.1) is 29.5 Å². The number of nitrogens with one attached hydrogen (secondary N) is 1. The van der Waals surface area contributed by atoms with Crippen molar-refractivity contribution in [3.63, 3.8) is 0 Å². The second-order valence-corrected chi connectivity index (χ2v) is 9.56. The van der Waals surface area contributed by atoms with E-state index in [2.05, 4.69) is 25.5 Å². The maximum absolute atomic E-state index is 13.7. The van der Waals surface area contributed by atoms with E-state index in [9.17, 15) is 9.18 Å². The molecule has 3 aromatic heterocycles. The van der Waals surface area contributed by atoms with E-state index in [1.165, 1.54) is 12.1 Å². The van der Waals surface area contributed by atoms with Gasteiger partial charge < -0.3 is 14.6 Å². The quantitative estimate of drug-likeness (QED) is 0.451. The molecule has 0 aliphatic heterocycles. The number of ether oxygens (including phenoxy) is 1. The summed E-state index contributed by atoms with van der Waals surface area (Å²) in [5.41, 5.74) is 1.55. The van der Waals surface area contributed by atoms with E-state index in [1.54, 1.807) is 36.9 Å². The lowest BCUT2D eigenvalue weighted by Crippen LogP contribution is -2.26. The number of carbonyl (C=O) groups excluding carboxylic acids is 1. The Morgan fingerprint density at radius 2 is 2.00 bits per heavy atom. The number of aromatic nitrogens is 5. The second-order valence-electron chi connectivity index (χ2n) is 9.56. The molecule has 178 valence electrons. The Bertz CT molecular complexity index is 1390. The van der Waals surface area contributed by atoms with Crippen molar-refractivity contribution in [2.45, 2.75) is 25.9 Å². The maximum atomic E-state index is 13.7. The largest absolute Gasteiger partial charge is 0.490 e. The summed E-state index contributed by atoms with van der Waals surface area (Å²) in [6.45, 7) is 1.99. The van der Waals surface area contributed by atoms with Crippen molar-refractivity contribution in [2.24, 2.45) is 30.7 Å². The summed E-state index contributed by atoms with van der Waals surface area (Å²) in [7, 11) is 1.87. The van der Waals surface area contributed by atoms with Crippen LogP contribution >= 0.6 is 0 Å². The lowest BCUT2D eigenvalue weighted by atomic mass is 9.97. The summed E-state index contributed by atoms with van der Waals surface area (Å²) in [5.74, 6) is 2.76. The monoisotopic (exact) mass is 472 g/mol. The smallest absolute Gasteiger partial charge is 0.228 e. The molecule has 2 saturated carbocycles. The number of pyridine rings is 2. The number of halogens is 1. The van der Waals surface area contributed by atoms with Crippen LogP contribution in [0.2, 0.25) is 0 Å². The normalized spacial score (nSPS) is 23.6. The number of benzene rings is 1. The van der Waals surface area contributed by atoms with E-state index in [1.807, 2.05) is 24.6 Å². The number of hydrogen-bond donors (Lipinski definition) is 1. The van der Waals surface area contributed by atoms with Crippen LogP contribution < -0.4 is 10.1 Å². The Kier molecular flexibility index (Phi) is 5.20. The van der Waals surface area contributed by atoms with E-state index >= 15 is 0 Å². The fraction of sp³-hybridized carbons (Fsp3) is 0.346. The molecule has 0 saturated heterocycles. The Morgan fingerprint density at radius 3 is 2.71 bits per heavy atom. The molecule has 6 rings (SSSR count). The van der Waals surface area contributed by atoms with Gasteiger partial charge in [-0.05, 0) is 67.0 Å². The van der Waals surface area contributed by atoms with Gasteiger partial charge in [0.05, 0.1) is 11.6 Å². The lowest BCUT2D eigenvalue weighted by molar-refractivity contribution is -0.120. The lowest BCUT2D eigenvalue weighted by Gasteiger charge is -2.20. The van der Waals surface area contributed by atoms with Crippen LogP contribution in [0.25, 0.3) is 22.3 Å². The molecule has 0 spiro atoms. The zero-order valence-electron chi connectivity index (χ0n) is 19.4. The maximum Gasteiger partial charge on any atom is 0.228 e. The molecule has 0 bridgehead atoms. The zero-order valence-corrected chi connectivity index (χ0v) is 19.4. The second kappa shape index (κ2) is 8.41. The number of amides is 1. The van der Waals surface area contributed by atoms with Crippen LogP contribution in [0.3, 0.4) is 0 Å². The predicted molar refractivity (Wildman–Crippen MR) is 128 cm³/mol. The van der Waals surface area contributed by atoms with Crippen LogP contribution in [0.4, 0.5) is 10.2 Å². The zero-order chi connectivity index (χ0) is 24.1. The summed E-state index contributed by atoms with van der Waals surface area (Å²) in [4.78, 5) is 21.6. The predicted octanol–water partition coefficient (Wildman–Crippen LogP) is 4.24. The van der Waals surface area contributed by atoms with Crippen LogP contribution in [-0.2, 0) is 11.8 Å². The standard InChI is InChI=1S/C26H25FN6O2/c1-14(26(34)31-23-6-3-15(12-29-23)25-32-30-13-33(25)2)24-18-10-17(11-19(18)24)35-22-7-8-28-21-5-4-16(27)9-20(21)22/h3-9,12-14,17-19,24H,10-11H2,1-2H3,(H,29,31,34)/t14?,17-,18-,19+,24-. The number of hydrogen-bond acceptors (Lipinski definition) is 6. The molecule has 9 heteroatoms. The van der Waals surface area contributed by atoms with Crippen molar-refractivity contribution >= 4 is 22.6 Å². The number of rotatable bonds is 6. The van der Waals surface area contributed by atoms with Crippen molar-refractivity contribution < 1.29 is 13.9 Å². The van der Waals surface area contributed by atoms with Crippen molar-refractivity contribution in [3.8, 4) is 17.1 Å². The first kappa shape index (κ1) is 21.6. The van der Waals surface area contributed by atoms with Gasteiger partial charge in [-0.1, -0.05) is 6.92 Å². The number of anilines is 1. The fourth-order valence-corrected chi connectivity index (χ4v) is 5.61. The molecule has 0 radical (unpaired) electrons. The summed E-state index contributed by atoms with van der Waals surface area (Å²) < 4.78 is 21.8. The van der Waals surface area contributed by atoms with Crippen molar-refractivity contribution in [1.29, 1.82) is 0 Å². The molecule has 5 atom stereocenters. The van der Waals surface area contributed by atoms with Gasteiger partial charge in [0, 0.05) is 36.3 Å². The summed E-state index contributed by atoms with van der Waals surface area (Å²) in [6.07, 6.45) is 6.88. The highest BCUT2D eigenvalue weighted by Gasteiger charge is 2.59. The Labute approximate surface area is 201 Å². The van der Waals surface area contributed by atoms with Gasteiger partial charge in [0.15, 0.2) is 5.82 Å². The van der Waals surface area contributed by atoms with Crippen molar-refractivity contribution in [1.82, 2.24) is 24.7 Å². The minimum atomic E-state index is -0.303. The molecule has 2 aliphatic rings. The molecular formula is C26H25FN6O2. The number of carbonyl (C=O) groups is 1. The molecule has 2 fully saturated rings. The number of aryl methyl sites for hydroxylation is 1. The van der Waals surface area contributed by atoms with Crippen LogP contribution in [0.5, 0.6) is 5.75 Å². The van der Waals surface area contributed by atoms with E-state index in [4.69, 9.17) is 4.74 Å². The third-order valence-electron chi connectivity index (χ3n) is 7.40. The van der Waals surface area contributed by atoms with E-state index in [0.717, 1.165) is 24.2 Å². The fourth-order valence-electron chi connectivity index (χ4n) is 5.61. The third kappa shape index (κ3) is 4.00. The number of fused-ring (bicyclic) bond motifs is 2. The first-order chi connectivity index (χ1) is 17.0. The minimum absolute atomic E-state index is 0.0172. The first-order valence-electron chi connectivity index (χ1n) is 11.8. The molecule has 2 aliphatic carbocycles. The molecule has 1 unspecified atom stereocenters. The van der Waals surface area contributed by atoms with Gasteiger partial charge in [0.25, 0.3) is 0 Å². The Morgan fingerprint density at radius 1 is 1.17 bits per heavy atom. The Hall–Kier alpha value is -3.88. The minimum Gasteiger partial charge on any atom is -0.490 e. The average molecular weight is 473 g/mol. The van der Waals surface area contributed by atoms with Crippen molar-refractivity contribution in [2.75, 3.05) is 5.32 Å². The average Bonchev–Trinajstić information content (AvgIpc) is 3.15. The topological polar surface area (TPSA) is 94.8 Å². The molecule has 8 nitrogen and oxygen atoms in total. The van der Waals surface area contributed by atoms with E-state index in [0.29, 0.717) is 40.2 Å². The van der Waals surface area contributed by atoms with Gasteiger partial charge in [-0.25, -0.2) is 9.37 Å². The molecule has 1 aromatic carbocycles. The number of nitrogens with zero attached hydrogens (tertiary/aromatic N) is 5. The van der Waals surface area contributed by atoms with Gasteiger partial charge in [-0.3, -0.25) is 9.78 Å². The molecular weight excluding hydrogens is 447 g/mol. The van der Waals surface area contributed by atoms with Crippen LogP contribution in [0.15, 0.2) is 55.1 Å². The first-order valence-corrected chi connectivity index (χ1v) is 11.8.